The summed E-state index contributed by atoms with van der Waals surface area (Å²) >= 11 is 0. The first-order chi connectivity index (χ1) is 8.78. The molecule has 2 rings (SSSR count). The summed E-state index contributed by atoms with van der Waals surface area (Å²) in [6.07, 6.45) is 9.80. The van der Waals surface area contributed by atoms with Crippen LogP contribution in [-0.2, 0) is 0 Å². The molecule has 0 atom stereocenters. The fourth-order valence-electron chi connectivity index (χ4n) is 3.40. The van der Waals surface area contributed by atoms with Gasteiger partial charge in [0, 0.05) is 19.1 Å². The number of hydrogen-bond donors (Lipinski definition) is 1. The second-order valence-corrected chi connectivity index (χ2v) is 6.01. The van der Waals surface area contributed by atoms with E-state index in [-0.39, 0.29) is 5.54 Å². The Morgan fingerprint density at radius 3 is 2.44 bits per heavy atom. The maximum Gasteiger partial charge on any atom is 0.109 e. The first-order valence-corrected chi connectivity index (χ1v) is 7.69. The van der Waals surface area contributed by atoms with Gasteiger partial charge in [0.05, 0.1) is 6.07 Å². The summed E-state index contributed by atoms with van der Waals surface area (Å²) in [6.45, 7) is 5.58. The molecule has 0 aromatic heterocycles. The highest BCUT2D eigenvalue weighted by atomic mass is 15.2. The van der Waals surface area contributed by atoms with Gasteiger partial charge in [0.25, 0.3) is 0 Å². The lowest BCUT2D eigenvalue weighted by molar-refractivity contribution is 0.150. The van der Waals surface area contributed by atoms with E-state index in [1.54, 1.807) is 0 Å². The predicted octanol–water partition coefficient (Wildman–Crippen LogP) is 2.68. The molecule has 1 saturated heterocycles. The van der Waals surface area contributed by atoms with E-state index in [0.29, 0.717) is 6.04 Å². The van der Waals surface area contributed by atoms with E-state index in [0.717, 1.165) is 25.9 Å². The van der Waals surface area contributed by atoms with Crippen LogP contribution in [0.15, 0.2) is 0 Å². The van der Waals surface area contributed by atoms with E-state index >= 15 is 0 Å². The summed E-state index contributed by atoms with van der Waals surface area (Å²) in [5, 5.41) is 13.3. The molecule has 3 nitrogen and oxygen atoms in total. The summed E-state index contributed by atoms with van der Waals surface area (Å²) < 4.78 is 0. The number of nitrogens with zero attached hydrogens (tertiary/aromatic N) is 2. The van der Waals surface area contributed by atoms with Crippen molar-refractivity contribution in [1.82, 2.24) is 10.2 Å². The van der Waals surface area contributed by atoms with Gasteiger partial charge in [-0.25, -0.2) is 0 Å². The van der Waals surface area contributed by atoms with Crippen molar-refractivity contribution in [2.75, 3.05) is 19.6 Å². The highest BCUT2D eigenvalue weighted by Gasteiger charge is 2.36. The molecule has 0 radical (unpaired) electrons. The van der Waals surface area contributed by atoms with Gasteiger partial charge in [0.1, 0.15) is 5.54 Å². The number of likely N-dealkylation sites (tertiary alicyclic amines) is 1. The SMILES string of the molecule is CCCN1CCC(C#N)(NC2CCCCC2)CC1. The van der Waals surface area contributed by atoms with Crippen molar-refractivity contribution in [3.63, 3.8) is 0 Å². The van der Waals surface area contributed by atoms with Crippen LogP contribution < -0.4 is 5.32 Å². The zero-order valence-corrected chi connectivity index (χ0v) is 11.7. The van der Waals surface area contributed by atoms with Crippen LogP contribution in [0.3, 0.4) is 0 Å². The molecule has 0 spiro atoms. The van der Waals surface area contributed by atoms with Gasteiger partial charge in [-0.3, -0.25) is 5.32 Å². The fraction of sp³-hybridized carbons (Fsp3) is 0.933. The number of rotatable bonds is 4. The minimum Gasteiger partial charge on any atom is -0.303 e. The normalized spacial score (nSPS) is 25.8. The van der Waals surface area contributed by atoms with Crippen LogP contribution in [0.25, 0.3) is 0 Å². The lowest BCUT2D eigenvalue weighted by atomic mass is 9.85. The van der Waals surface area contributed by atoms with Crippen molar-refractivity contribution in [3.8, 4) is 6.07 Å². The summed E-state index contributed by atoms with van der Waals surface area (Å²) in [4.78, 5) is 2.50. The van der Waals surface area contributed by atoms with Gasteiger partial charge in [-0.15, -0.1) is 0 Å². The van der Waals surface area contributed by atoms with Crippen molar-refractivity contribution in [3.05, 3.63) is 0 Å². The highest BCUT2D eigenvalue weighted by molar-refractivity contribution is 5.10. The molecular formula is C15H27N3. The van der Waals surface area contributed by atoms with E-state index in [1.807, 2.05) is 0 Å². The Kier molecular flexibility index (Phi) is 5.03. The quantitative estimate of drug-likeness (QED) is 0.832. The molecule has 0 bridgehead atoms. The van der Waals surface area contributed by atoms with Crippen LogP contribution >= 0.6 is 0 Å². The average molecular weight is 249 g/mol. The first kappa shape index (κ1) is 13.8. The van der Waals surface area contributed by atoms with Crippen molar-refractivity contribution in [2.24, 2.45) is 0 Å². The van der Waals surface area contributed by atoms with E-state index in [1.165, 1.54) is 45.1 Å². The number of piperidine rings is 1. The maximum atomic E-state index is 9.56. The highest BCUT2D eigenvalue weighted by Crippen LogP contribution is 2.26. The Morgan fingerprint density at radius 1 is 1.22 bits per heavy atom. The van der Waals surface area contributed by atoms with Crippen LogP contribution in [0.2, 0.25) is 0 Å². The molecule has 0 aromatic rings. The largest absolute Gasteiger partial charge is 0.303 e. The Balaban J connectivity index is 1.86. The first-order valence-electron chi connectivity index (χ1n) is 7.69. The molecule has 102 valence electrons. The molecular weight excluding hydrogens is 222 g/mol. The summed E-state index contributed by atoms with van der Waals surface area (Å²) in [5.41, 5.74) is -0.230. The summed E-state index contributed by atoms with van der Waals surface area (Å²) in [6, 6.07) is 3.18. The van der Waals surface area contributed by atoms with Crippen LogP contribution in [-0.4, -0.2) is 36.1 Å². The maximum absolute atomic E-state index is 9.56. The molecule has 1 aliphatic heterocycles. The third-order valence-corrected chi connectivity index (χ3v) is 4.55. The van der Waals surface area contributed by atoms with Crippen LogP contribution in [0.5, 0.6) is 0 Å². The zero-order chi connectivity index (χ0) is 12.8. The van der Waals surface area contributed by atoms with Gasteiger partial charge in [0.15, 0.2) is 0 Å². The molecule has 18 heavy (non-hydrogen) atoms. The smallest absolute Gasteiger partial charge is 0.109 e. The third kappa shape index (κ3) is 3.46. The molecule has 1 N–H and O–H groups in total. The second kappa shape index (κ2) is 6.54. The average Bonchev–Trinajstić information content (AvgIpc) is 2.43. The van der Waals surface area contributed by atoms with Crippen molar-refractivity contribution < 1.29 is 0 Å². The van der Waals surface area contributed by atoms with Gasteiger partial charge in [-0.05, 0) is 38.6 Å². The molecule has 1 aliphatic carbocycles. The topological polar surface area (TPSA) is 39.1 Å². The van der Waals surface area contributed by atoms with E-state index in [9.17, 15) is 5.26 Å². The van der Waals surface area contributed by atoms with E-state index in [4.69, 9.17) is 0 Å². The minimum atomic E-state index is -0.230. The van der Waals surface area contributed by atoms with E-state index < -0.39 is 0 Å². The van der Waals surface area contributed by atoms with Gasteiger partial charge in [-0.2, -0.15) is 5.26 Å². The molecule has 2 fully saturated rings. The van der Waals surface area contributed by atoms with Gasteiger partial charge in [-0.1, -0.05) is 26.2 Å². The van der Waals surface area contributed by atoms with Crippen molar-refractivity contribution >= 4 is 0 Å². The standard InChI is InChI=1S/C15H27N3/c1-2-10-18-11-8-15(13-16,9-12-18)17-14-6-4-3-5-7-14/h14,17H,2-12H2,1H3. The van der Waals surface area contributed by atoms with Crippen molar-refractivity contribution in [1.29, 1.82) is 5.26 Å². The van der Waals surface area contributed by atoms with Crippen molar-refractivity contribution in [2.45, 2.75) is 69.9 Å². The molecule has 1 saturated carbocycles. The fourth-order valence-corrected chi connectivity index (χ4v) is 3.40. The molecule has 2 aliphatic rings. The van der Waals surface area contributed by atoms with Crippen LogP contribution in [0.4, 0.5) is 0 Å². The molecule has 1 heterocycles. The molecule has 0 amide bonds. The van der Waals surface area contributed by atoms with E-state index in [2.05, 4.69) is 23.2 Å². The number of nitrogens with one attached hydrogen (secondary N) is 1. The second-order valence-electron chi connectivity index (χ2n) is 6.01. The van der Waals surface area contributed by atoms with Gasteiger partial charge < -0.3 is 4.90 Å². The lowest BCUT2D eigenvalue weighted by Gasteiger charge is -2.40. The summed E-state index contributed by atoms with van der Waals surface area (Å²) in [7, 11) is 0. The molecule has 0 unspecified atom stereocenters. The Bertz CT molecular complexity index is 281. The third-order valence-electron chi connectivity index (χ3n) is 4.55. The summed E-state index contributed by atoms with van der Waals surface area (Å²) in [5.74, 6) is 0. The Morgan fingerprint density at radius 2 is 1.89 bits per heavy atom. The minimum absolute atomic E-state index is 0.230. The number of nitriles is 1. The Labute approximate surface area is 112 Å². The molecule has 3 heteroatoms. The zero-order valence-electron chi connectivity index (χ0n) is 11.7. The van der Waals surface area contributed by atoms with Gasteiger partial charge in [0.2, 0.25) is 0 Å². The van der Waals surface area contributed by atoms with Gasteiger partial charge >= 0.3 is 0 Å². The lowest BCUT2D eigenvalue weighted by Crippen LogP contribution is -2.56. The van der Waals surface area contributed by atoms with Crippen LogP contribution in [0.1, 0.15) is 58.3 Å². The Hall–Kier alpha value is -0.590. The molecule has 0 aromatic carbocycles. The number of hydrogen-bond acceptors (Lipinski definition) is 3. The van der Waals surface area contributed by atoms with Crippen LogP contribution in [0, 0.1) is 11.3 Å². The predicted molar refractivity (Wildman–Crippen MR) is 74.3 cm³/mol. The monoisotopic (exact) mass is 249 g/mol.